The van der Waals surface area contributed by atoms with Crippen molar-refractivity contribution in [3.8, 4) is 0 Å². The second kappa shape index (κ2) is 5.06. The van der Waals surface area contributed by atoms with E-state index in [1.165, 1.54) is 6.33 Å². The quantitative estimate of drug-likeness (QED) is 0.726. The van der Waals surface area contributed by atoms with Crippen molar-refractivity contribution in [2.24, 2.45) is 0 Å². The van der Waals surface area contributed by atoms with Crippen LogP contribution in [0.15, 0.2) is 18.7 Å². The maximum atomic E-state index is 9.51. The van der Waals surface area contributed by atoms with Gasteiger partial charge in [0.25, 0.3) is 0 Å². The number of aliphatic hydroxyl groups excluding tert-OH is 1. The molecule has 3 nitrogen and oxygen atoms in total. The minimum absolute atomic E-state index is 0.482. The summed E-state index contributed by atoms with van der Waals surface area (Å²) in [4.78, 5) is 7.62. The Kier molecular flexibility index (Phi) is 3.97. The molecule has 0 bridgehead atoms. The van der Waals surface area contributed by atoms with Crippen molar-refractivity contribution in [2.75, 3.05) is 5.88 Å². The third kappa shape index (κ3) is 2.75. The normalized spacial score (nSPS) is 12.8. The first-order valence-electron chi connectivity index (χ1n) is 3.83. The summed E-state index contributed by atoms with van der Waals surface area (Å²) in [5.41, 5.74) is 0.752. The van der Waals surface area contributed by atoms with E-state index in [-0.39, 0.29) is 0 Å². The smallest absolute Gasteiger partial charge is 0.115 e. The van der Waals surface area contributed by atoms with Gasteiger partial charge in [0.15, 0.2) is 0 Å². The van der Waals surface area contributed by atoms with Crippen molar-refractivity contribution in [1.82, 2.24) is 9.97 Å². The molecule has 1 N–H and O–H groups in total. The molecule has 1 rings (SSSR count). The van der Waals surface area contributed by atoms with Gasteiger partial charge in [-0.2, -0.15) is 0 Å². The van der Waals surface area contributed by atoms with Gasteiger partial charge in [0.2, 0.25) is 0 Å². The van der Waals surface area contributed by atoms with Crippen LogP contribution in [0.25, 0.3) is 0 Å². The number of alkyl halides is 1. The molecular weight excluding hydrogens is 176 g/mol. The predicted octanol–water partition coefficient (Wildman–Crippen LogP) is 1.53. The summed E-state index contributed by atoms with van der Waals surface area (Å²) < 4.78 is 0. The van der Waals surface area contributed by atoms with Crippen molar-refractivity contribution in [3.63, 3.8) is 0 Å². The Morgan fingerprint density at radius 1 is 1.42 bits per heavy atom. The highest BCUT2D eigenvalue weighted by Crippen LogP contribution is 2.15. The monoisotopic (exact) mass is 186 g/mol. The maximum Gasteiger partial charge on any atom is 0.115 e. The summed E-state index contributed by atoms with van der Waals surface area (Å²) in [6.45, 7) is 0. The largest absolute Gasteiger partial charge is 0.388 e. The minimum Gasteiger partial charge on any atom is -0.388 e. The van der Waals surface area contributed by atoms with E-state index in [1.54, 1.807) is 12.4 Å². The maximum absolute atomic E-state index is 9.51. The van der Waals surface area contributed by atoms with Crippen LogP contribution in [0.3, 0.4) is 0 Å². The van der Waals surface area contributed by atoms with Gasteiger partial charge in [-0.15, -0.1) is 11.6 Å². The topological polar surface area (TPSA) is 46.0 Å². The highest BCUT2D eigenvalue weighted by atomic mass is 35.5. The van der Waals surface area contributed by atoms with E-state index >= 15 is 0 Å². The lowest BCUT2D eigenvalue weighted by atomic mass is 10.1. The van der Waals surface area contributed by atoms with Crippen LogP contribution in [-0.4, -0.2) is 21.0 Å². The molecule has 1 unspecified atom stereocenters. The Morgan fingerprint density at radius 3 is 2.67 bits per heavy atom. The number of aromatic nitrogens is 2. The van der Waals surface area contributed by atoms with Gasteiger partial charge in [0, 0.05) is 23.8 Å². The Balaban J connectivity index is 2.48. The molecule has 4 heteroatoms. The van der Waals surface area contributed by atoms with Crippen LogP contribution in [-0.2, 0) is 0 Å². The average molecular weight is 187 g/mol. The van der Waals surface area contributed by atoms with Gasteiger partial charge in [0.05, 0.1) is 6.10 Å². The van der Waals surface area contributed by atoms with Gasteiger partial charge in [-0.1, -0.05) is 0 Å². The zero-order chi connectivity index (χ0) is 8.81. The first-order chi connectivity index (χ1) is 5.84. The number of nitrogens with zero attached hydrogens (tertiary/aromatic N) is 2. The highest BCUT2D eigenvalue weighted by Gasteiger charge is 2.06. The lowest BCUT2D eigenvalue weighted by Crippen LogP contribution is -1.98. The highest BCUT2D eigenvalue weighted by molar-refractivity contribution is 6.17. The predicted molar refractivity (Wildman–Crippen MR) is 46.9 cm³/mol. The molecule has 0 saturated carbocycles. The SMILES string of the molecule is OC(CCCCl)c1cncnc1. The van der Waals surface area contributed by atoms with Crippen LogP contribution in [0.4, 0.5) is 0 Å². The van der Waals surface area contributed by atoms with Crippen molar-refractivity contribution in [3.05, 3.63) is 24.3 Å². The molecule has 0 aliphatic heterocycles. The second-order valence-electron chi connectivity index (χ2n) is 2.52. The van der Waals surface area contributed by atoms with Gasteiger partial charge < -0.3 is 5.11 Å². The van der Waals surface area contributed by atoms with Crippen molar-refractivity contribution in [2.45, 2.75) is 18.9 Å². The third-order valence-electron chi connectivity index (χ3n) is 1.58. The lowest BCUT2D eigenvalue weighted by molar-refractivity contribution is 0.166. The first kappa shape index (κ1) is 9.42. The fourth-order valence-corrected chi connectivity index (χ4v) is 1.07. The molecule has 1 aromatic heterocycles. The number of rotatable bonds is 4. The van der Waals surface area contributed by atoms with E-state index in [0.29, 0.717) is 12.3 Å². The number of hydrogen-bond acceptors (Lipinski definition) is 3. The fraction of sp³-hybridized carbons (Fsp3) is 0.500. The molecule has 0 spiro atoms. The molecule has 0 aliphatic rings. The standard InChI is InChI=1S/C8H11ClN2O/c9-3-1-2-8(12)7-4-10-6-11-5-7/h4-6,8,12H,1-3H2. The average Bonchev–Trinajstić information content (AvgIpc) is 2.15. The van der Waals surface area contributed by atoms with Crippen LogP contribution < -0.4 is 0 Å². The van der Waals surface area contributed by atoms with Gasteiger partial charge in [0.1, 0.15) is 6.33 Å². The Morgan fingerprint density at radius 2 is 2.08 bits per heavy atom. The van der Waals surface area contributed by atoms with Gasteiger partial charge in [-0.05, 0) is 12.8 Å². The van der Waals surface area contributed by atoms with E-state index in [4.69, 9.17) is 11.6 Å². The summed E-state index contributed by atoms with van der Waals surface area (Å²) in [7, 11) is 0. The van der Waals surface area contributed by atoms with Crippen LogP contribution in [0.1, 0.15) is 24.5 Å². The summed E-state index contributed by atoms with van der Waals surface area (Å²) in [6.07, 6.45) is 5.66. The van der Waals surface area contributed by atoms with E-state index in [1.807, 2.05) is 0 Å². The van der Waals surface area contributed by atoms with E-state index < -0.39 is 6.10 Å². The van der Waals surface area contributed by atoms with Gasteiger partial charge in [-0.3, -0.25) is 0 Å². The van der Waals surface area contributed by atoms with E-state index in [0.717, 1.165) is 12.0 Å². The van der Waals surface area contributed by atoms with Gasteiger partial charge in [-0.25, -0.2) is 9.97 Å². The molecule has 12 heavy (non-hydrogen) atoms. The first-order valence-corrected chi connectivity index (χ1v) is 4.37. The number of hydrogen-bond donors (Lipinski definition) is 1. The van der Waals surface area contributed by atoms with E-state index in [2.05, 4.69) is 9.97 Å². The van der Waals surface area contributed by atoms with Crippen LogP contribution in [0, 0.1) is 0 Å². The second-order valence-corrected chi connectivity index (χ2v) is 2.90. The number of aliphatic hydroxyl groups is 1. The molecule has 1 aromatic rings. The Labute approximate surface area is 76.4 Å². The molecule has 0 fully saturated rings. The zero-order valence-electron chi connectivity index (χ0n) is 6.65. The molecule has 0 aromatic carbocycles. The van der Waals surface area contributed by atoms with Gasteiger partial charge >= 0.3 is 0 Å². The van der Waals surface area contributed by atoms with Crippen LogP contribution in [0.5, 0.6) is 0 Å². The van der Waals surface area contributed by atoms with Crippen molar-refractivity contribution >= 4 is 11.6 Å². The lowest BCUT2D eigenvalue weighted by Gasteiger charge is -2.07. The molecule has 66 valence electrons. The molecule has 0 amide bonds. The molecule has 1 atom stereocenters. The Hall–Kier alpha value is -0.670. The molecule has 0 saturated heterocycles. The van der Waals surface area contributed by atoms with Crippen molar-refractivity contribution < 1.29 is 5.11 Å². The molecular formula is C8H11ClN2O. The summed E-state index contributed by atoms with van der Waals surface area (Å²) in [5.74, 6) is 0.574. The van der Waals surface area contributed by atoms with Crippen LogP contribution >= 0.6 is 11.6 Å². The minimum atomic E-state index is -0.482. The van der Waals surface area contributed by atoms with Crippen molar-refractivity contribution in [1.29, 1.82) is 0 Å². The summed E-state index contributed by atoms with van der Waals surface area (Å²) in [5, 5.41) is 9.51. The zero-order valence-corrected chi connectivity index (χ0v) is 7.41. The summed E-state index contributed by atoms with van der Waals surface area (Å²) >= 11 is 5.49. The molecule has 0 radical (unpaired) electrons. The molecule has 1 heterocycles. The van der Waals surface area contributed by atoms with Crippen LogP contribution in [0.2, 0.25) is 0 Å². The molecule has 0 aliphatic carbocycles. The van der Waals surface area contributed by atoms with E-state index in [9.17, 15) is 5.11 Å². The number of halogens is 1. The Bertz CT molecular complexity index is 218. The third-order valence-corrected chi connectivity index (χ3v) is 1.84. The fourth-order valence-electron chi connectivity index (χ4n) is 0.920. The summed E-state index contributed by atoms with van der Waals surface area (Å²) in [6, 6.07) is 0.